The topological polar surface area (TPSA) is 63.7 Å². The third-order valence-corrected chi connectivity index (χ3v) is 7.19. The smallest absolute Gasteiger partial charge is 0.261 e. The minimum Gasteiger partial charge on any atom is -0.483 e. The molecule has 5 nitrogen and oxygen atoms in total. The van der Waals surface area contributed by atoms with Crippen molar-refractivity contribution in [3.8, 4) is 5.75 Å². The molecule has 1 heterocycles. The van der Waals surface area contributed by atoms with E-state index in [2.05, 4.69) is 0 Å². The lowest BCUT2D eigenvalue weighted by Gasteiger charge is -2.29. The molecule has 0 bridgehead atoms. The fourth-order valence-corrected chi connectivity index (χ4v) is 5.47. The molecule has 1 saturated heterocycles. The van der Waals surface area contributed by atoms with Gasteiger partial charge in [0.2, 0.25) is 0 Å². The zero-order valence-electron chi connectivity index (χ0n) is 15.7. The molecule has 1 aliphatic heterocycles. The van der Waals surface area contributed by atoms with E-state index in [1.807, 2.05) is 0 Å². The van der Waals surface area contributed by atoms with Crippen LogP contribution in [0.4, 0.5) is 4.39 Å². The number of ether oxygens (including phenoxy) is 1. The van der Waals surface area contributed by atoms with Crippen LogP contribution < -0.4 is 4.74 Å². The number of hydrogen-bond acceptors (Lipinski definition) is 4. The molecule has 29 heavy (non-hydrogen) atoms. The molecule has 0 N–H and O–H groups in total. The van der Waals surface area contributed by atoms with E-state index in [0.717, 1.165) is 5.56 Å². The molecule has 156 valence electrons. The Balaban J connectivity index is 1.81. The third-order valence-electron chi connectivity index (χ3n) is 4.85. The van der Waals surface area contributed by atoms with Gasteiger partial charge in [-0.2, -0.15) is 0 Å². The van der Waals surface area contributed by atoms with Crippen LogP contribution >= 0.6 is 23.2 Å². The van der Waals surface area contributed by atoms with Crippen molar-refractivity contribution in [1.29, 1.82) is 0 Å². The number of aryl methyl sites for hydroxylation is 1. The largest absolute Gasteiger partial charge is 0.483 e. The van der Waals surface area contributed by atoms with Crippen LogP contribution in [0.5, 0.6) is 5.75 Å². The molecule has 1 amide bonds. The van der Waals surface area contributed by atoms with Gasteiger partial charge in [-0.05, 0) is 49.2 Å². The first-order chi connectivity index (χ1) is 13.7. The molecule has 0 radical (unpaired) electrons. The van der Waals surface area contributed by atoms with Crippen LogP contribution in [0.2, 0.25) is 10.0 Å². The van der Waals surface area contributed by atoms with E-state index in [9.17, 15) is 17.6 Å². The van der Waals surface area contributed by atoms with Gasteiger partial charge in [0.25, 0.3) is 5.91 Å². The van der Waals surface area contributed by atoms with Crippen molar-refractivity contribution in [2.75, 3.05) is 18.1 Å². The second-order valence-electron chi connectivity index (χ2n) is 6.98. The molecule has 1 unspecified atom stereocenters. The molecule has 0 aromatic heterocycles. The Morgan fingerprint density at radius 1 is 1.28 bits per heavy atom. The summed E-state index contributed by atoms with van der Waals surface area (Å²) in [5.74, 6) is -0.675. The molecule has 0 spiro atoms. The Bertz CT molecular complexity index is 1010. The molecule has 3 rings (SSSR count). The second-order valence-corrected chi connectivity index (χ2v) is 10.0. The molecule has 1 fully saturated rings. The number of benzene rings is 2. The average Bonchev–Trinajstić information content (AvgIpc) is 3.00. The molecule has 1 aliphatic rings. The van der Waals surface area contributed by atoms with Gasteiger partial charge in [0.15, 0.2) is 16.4 Å². The number of sulfone groups is 1. The van der Waals surface area contributed by atoms with Crippen molar-refractivity contribution in [3.63, 3.8) is 0 Å². The summed E-state index contributed by atoms with van der Waals surface area (Å²) < 4.78 is 43.7. The maximum absolute atomic E-state index is 14.3. The van der Waals surface area contributed by atoms with Crippen molar-refractivity contribution >= 4 is 38.9 Å². The fraction of sp³-hybridized carbons (Fsp3) is 0.350. The van der Waals surface area contributed by atoms with Crippen LogP contribution in [0.25, 0.3) is 0 Å². The number of carbonyl (C=O) groups is 1. The van der Waals surface area contributed by atoms with E-state index in [1.165, 1.54) is 23.1 Å². The summed E-state index contributed by atoms with van der Waals surface area (Å²) in [6, 6.07) is 8.71. The Labute approximate surface area is 179 Å². The summed E-state index contributed by atoms with van der Waals surface area (Å²) >= 11 is 12.0. The minimum absolute atomic E-state index is 0.0103. The van der Waals surface area contributed by atoms with Gasteiger partial charge >= 0.3 is 0 Å². The SMILES string of the molecule is Cc1cc(Cl)ccc1OCC(=O)N(Cc1c(F)cccc1Cl)C1CCS(=O)(=O)C1. The lowest BCUT2D eigenvalue weighted by molar-refractivity contribution is -0.136. The Morgan fingerprint density at radius 2 is 2.03 bits per heavy atom. The standard InChI is InChI=1S/C20H20Cl2FNO4S/c1-13-9-14(21)5-6-19(13)28-11-20(25)24(15-7-8-29(26,27)12-15)10-16-17(22)3-2-4-18(16)23/h2-6,9,15H,7-8,10-12H2,1H3. The van der Waals surface area contributed by atoms with E-state index < -0.39 is 27.6 Å². The number of rotatable bonds is 6. The average molecular weight is 460 g/mol. The summed E-state index contributed by atoms with van der Waals surface area (Å²) in [6.45, 7) is 1.35. The van der Waals surface area contributed by atoms with Gasteiger partial charge in [0.1, 0.15) is 11.6 Å². The summed E-state index contributed by atoms with van der Waals surface area (Å²) in [4.78, 5) is 14.3. The van der Waals surface area contributed by atoms with Gasteiger partial charge in [-0.25, -0.2) is 12.8 Å². The van der Waals surface area contributed by atoms with Crippen LogP contribution in [0.3, 0.4) is 0 Å². The van der Waals surface area contributed by atoms with Crippen molar-refractivity contribution in [2.45, 2.75) is 25.9 Å². The van der Waals surface area contributed by atoms with Crippen LogP contribution in [-0.2, 0) is 21.2 Å². The summed E-state index contributed by atoms with van der Waals surface area (Å²) in [6.07, 6.45) is 0.292. The maximum Gasteiger partial charge on any atom is 0.261 e. The number of carbonyl (C=O) groups excluding carboxylic acids is 1. The van der Waals surface area contributed by atoms with E-state index in [-0.39, 0.29) is 35.2 Å². The van der Waals surface area contributed by atoms with Gasteiger partial charge in [-0.15, -0.1) is 0 Å². The predicted octanol–water partition coefficient (Wildman–Crippen LogP) is 4.04. The highest BCUT2D eigenvalue weighted by atomic mass is 35.5. The molecule has 9 heteroatoms. The van der Waals surface area contributed by atoms with E-state index >= 15 is 0 Å². The van der Waals surface area contributed by atoms with Crippen LogP contribution in [0.1, 0.15) is 17.5 Å². The van der Waals surface area contributed by atoms with Gasteiger partial charge in [0, 0.05) is 21.7 Å². The van der Waals surface area contributed by atoms with E-state index in [0.29, 0.717) is 17.2 Å². The first-order valence-corrected chi connectivity index (χ1v) is 11.6. The number of hydrogen-bond donors (Lipinski definition) is 0. The van der Waals surface area contributed by atoms with Gasteiger partial charge < -0.3 is 9.64 Å². The lowest BCUT2D eigenvalue weighted by atomic mass is 10.1. The predicted molar refractivity (Wildman–Crippen MR) is 111 cm³/mol. The first-order valence-electron chi connectivity index (χ1n) is 8.98. The third kappa shape index (κ3) is 5.41. The Kier molecular flexibility index (Phi) is 6.71. The van der Waals surface area contributed by atoms with Crippen LogP contribution in [0.15, 0.2) is 36.4 Å². The van der Waals surface area contributed by atoms with Crippen molar-refractivity contribution in [3.05, 3.63) is 63.4 Å². The molecular weight excluding hydrogens is 440 g/mol. The van der Waals surface area contributed by atoms with Gasteiger partial charge in [0.05, 0.1) is 18.1 Å². The summed E-state index contributed by atoms with van der Waals surface area (Å²) in [5.41, 5.74) is 0.909. The van der Waals surface area contributed by atoms with Crippen molar-refractivity contribution in [1.82, 2.24) is 4.90 Å². The molecular formula is C20H20Cl2FNO4S. The van der Waals surface area contributed by atoms with Crippen LogP contribution in [0, 0.1) is 12.7 Å². The summed E-state index contributed by atoms with van der Waals surface area (Å²) in [7, 11) is -3.24. The van der Waals surface area contributed by atoms with Crippen LogP contribution in [-0.4, -0.2) is 43.4 Å². The Morgan fingerprint density at radius 3 is 2.66 bits per heavy atom. The molecule has 0 saturated carbocycles. The highest BCUT2D eigenvalue weighted by molar-refractivity contribution is 7.91. The Hall–Kier alpha value is -1.83. The monoisotopic (exact) mass is 459 g/mol. The van der Waals surface area contributed by atoms with E-state index in [1.54, 1.807) is 25.1 Å². The van der Waals surface area contributed by atoms with Gasteiger partial charge in [-0.1, -0.05) is 29.3 Å². The highest BCUT2D eigenvalue weighted by Crippen LogP contribution is 2.26. The molecule has 2 aromatic rings. The lowest BCUT2D eigenvalue weighted by Crippen LogP contribution is -2.43. The fourth-order valence-electron chi connectivity index (χ4n) is 3.29. The number of amides is 1. The second kappa shape index (κ2) is 8.90. The molecule has 2 aromatic carbocycles. The quantitative estimate of drug-likeness (QED) is 0.653. The minimum atomic E-state index is -3.24. The number of halogens is 3. The first kappa shape index (κ1) is 21.9. The molecule has 1 atom stereocenters. The van der Waals surface area contributed by atoms with E-state index in [4.69, 9.17) is 27.9 Å². The van der Waals surface area contributed by atoms with Crippen molar-refractivity contribution in [2.24, 2.45) is 0 Å². The normalized spacial score (nSPS) is 17.9. The van der Waals surface area contributed by atoms with Crippen molar-refractivity contribution < 1.29 is 22.3 Å². The maximum atomic E-state index is 14.3. The zero-order chi connectivity index (χ0) is 21.2. The summed E-state index contributed by atoms with van der Waals surface area (Å²) in [5, 5.41) is 0.728. The highest BCUT2D eigenvalue weighted by Gasteiger charge is 2.35. The zero-order valence-corrected chi connectivity index (χ0v) is 18.0. The number of nitrogens with zero attached hydrogens (tertiary/aromatic N) is 1. The van der Waals surface area contributed by atoms with Gasteiger partial charge in [-0.3, -0.25) is 4.79 Å². The molecule has 0 aliphatic carbocycles.